The van der Waals surface area contributed by atoms with Crippen molar-refractivity contribution in [3.05, 3.63) is 33.9 Å². The molecule has 1 aromatic rings. The van der Waals surface area contributed by atoms with Gasteiger partial charge in [-0.3, -0.25) is 14.9 Å². The van der Waals surface area contributed by atoms with Crippen molar-refractivity contribution in [1.82, 2.24) is 0 Å². The molecule has 0 aliphatic heterocycles. The van der Waals surface area contributed by atoms with E-state index in [-0.39, 0.29) is 11.3 Å². The zero-order valence-electron chi connectivity index (χ0n) is 10.6. The van der Waals surface area contributed by atoms with Crippen LogP contribution in [0.15, 0.2) is 18.2 Å². The number of hydrogen-bond donors (Lipinski definition) is 1. The third-order valence-electron chi connectivity index (χ3n) is 2.40. The number of nitro groups is 1. The molecule has 0 aliphatic rings. The zero-order chi connectivity index (χ0) is 13.9. The number of benzene rings is 1. The second-order valence-corrected chi connectivity index (χ2v) is 4.79. The lowest BCUT2D eigenvalue weighted by Crippen LogP contribution is -2.36. The van der Waals surface area contributed by atoms with Gasteiger partial charge in [0, 0.05) is 25.3 Å². The molecular weight excluding hydrogens is 236 g/mol. The van der Waals surface area contributed by atoms with Gasteiger partial charge in [-0.15, -0.1) is 0 Å². The number of nitro benzene ring substituents is 1. The first-order valence-corrected chi connectivity index (χ1v) is 5.42. The largest absolute Gasteiger partial charge is 0.389 e. The molecule has 6 nitrogen and oxygen atoms in total. The molecule has 1 aromatic carbocycles. The Morgan fingerprint density at radius 2 is 2.11 bits per heavy atom. The molecule has 0 fully saturated rings. The summed E-state index contributed by atoms with van der Waals surface area (Å²) in [7, 11) is 1.74. The Morgan fingerprint density at radius 3 is 2.56 bits per heavy atom. The molecule has 1 rings (SSSR count). The van der Waals surface area contributed by atoms with Crippen LogP contribution in [-0.2, 0) is 0 Å². The van der Waals surface area contributed by atoms with Gasteiger partial charge >= 0.3 is 0 Å². The summed E-state index contributed by atoms with van der Waals surface area (Å²) in [5.74, 6) is 0. The smallest absolute Gasteiger partial charge is 0.280 e. The molecule has 1 N–H and O–H groups in total. The molecule has 0 heterocycles. The highest BCUT2D eigenvalue weighted by molar-refractivity contribution is 5.83. The highest BCUT2D eigenvalue weighted by Crippen LogP contribution is 2.24. The van der Waals surface area contributed by atoms with Gasteiger partial charge in [0.25, 0.3) is 5.69 Å². The van der Waals surface area contributed by atoms with E-state index in [4.69, 9.17) is 0 Å². The Morgan fingerprint density at radius 1 is 1.50 bits per heavy atom. The first-order chi connectivity index (χ1) is 8.24. The number of nitrogens with zero attached hydrogens (tertiary/aromatic N) is 2. The lowest BCUT2D eigenvalue weighted by Gasteiger charge is -2.27. The molecule has 0 aliphatic carbocycles. The molecule has 0 spiro atoms. The van der Waals surface area contributed by atoms with Gasteiger partial charge in [-0.1, -0.05) is 0 Å². The molecule has 18 heavy (non-hydrogen) atoms. The van der Waals surface area contributed by atoms with E-state index in [0.717, 1.165) is 0 Å². The molecule has 6 heteroatoms. The molecule has 0 radical (unpaired) electrons. The number of aliphatic hydroxyl groups is 1. The van der Waals surface area contributed by atoms with Gasteiger partial charge in [-0.25, -0.2) is 0 Å². The van der Waals surface area contributed by atoms with Crippen LogP contribution in [0.3, 0.4) is 0 Å². The third kappa shape index (κ3) is 3.53. The second kappa shape index (κ2) is 5.14. The van der Waals surface area contributed by atoms with Crippen LogP contribution in [0, 0.1) is 10.1 Å². The maximum Gasteiger partial charge on any atom is 0.280 e. The van der Waals surface area contributed by atoms with Gasteiger partial charge in [-0.05, 0) is 26.0 Å². The first kappa shape index (κ1) is 14.1. The maximum atomic E-state index is 10.8. The fourth-order valence-electron chi connectivity index (χ4n) is 1.71. The van der Waals surface area contributed by atoms with Crippen molar-refractivity contribution in [2.45, 2.75) is 19.4 Å². The predicted octanol–water partition coefficient (Wildman–Crippen LogP) is 1.61. The molecule has 0 unspecified atom stereocenters. The van der Waals surface area contributed by atoms with Crippen LogP contribution in [-0.4, -0.2) is 35.5 Å². The number of aldehydes is 1. The lowest BCUT2D eigenvalue weighted by molar-refractivity contribution is -0.385. The molecule has 0 bridgehead atoms. The van der Waals surface area contributed by atoms with E-state index in [9.17, 15) is 20.0 Å². The molecule has 98 valence electrons. The van der Waals surface area contributed by atoms with Crippen LogP contribution in [0.2, 0.25) is 0 Å². The third-order valence-corrected chi connectivity index (χ3v) is 2.40. The van der Waals surface area contributed by atoms with Crippen molar-refractivity contribution >= 4 is 17.7 Å². The van der Waals surface area contributed by atoms with Gasteiger partial charge in [0.1, 0.15) is 0 Å². The van der Waals surface area contributed by atoms with Crippen molar-refractivity contribution in [2.75, 3.05) is 18.5 Å². The quantitative estimate of drug-likeness (QED) is 0.489. The van der Waals surface area contributed by atoms with Crippen LogP contribution in [0.5, 0.6) is 0 Å². The summed E-state index contributed by atoms with van der Waals surface area (Å²) in [6.07, 6.45) is 0.458. The molecule has 0 aromatic heterocycles. The number of carbonyl (C=O) groups is 1. The monoisotopic (exact) mass is 252 g/mol. The molecule has 0 saturated heterocycles. The predicted molar refractivity (Wildman–Crippen MR) is 68.1 cm³/mol. The molecule has 0 amide bonds. The summed E-state index contributed by atoms with van der Waals surface area (Å²) >= 11 is 0. The van der Waals surface area contributed by atoms with Crippen LogP contribution in [0.1, 0.15) is 24.2 Å². The van der Waals surface area contributed by atoms with E-state index < -0.39 is 10.5 Å². The Labute approximate surface area is 105 Å². The van der Waals surface area contributed by atoms with E-state index in [1.807, 2.05) is 0 Å². The molecular formula is C12H16N2O4. The van der Waals surface area contributed by atoms with E-state index in [1.54, 1.807) is 31.9 Å². The minimum absolute atomic E-state index is 0.0279. The number of anilines is 1. The Hall–Kier alpha value is -1.95. The average Bonchev–Trinajstić information content (AvgIpc) is 2.25. The normalized spacial score (nSPS) is 11.1. The van der Waals surface area contributed by atoms with Crippen molar-refractivity contribution in [1.29, 1.82) is 0 Å². The Kier molecular flexibility index (Phi) is 4.03. The summed E-state index contributed by atoms with van der Waals surface area (Å²) in [6, 6.07) is 4.29. The summed E-state index contributed by atoms with van der Waals surface area (Å²) < 4.78 is 0. The minimum Gasteiger partial charge on any atom is -0.389 e. The maximum absolute atomic E-state index is 10.8. The van der Waals surface area contributed by atoms with Gasteiger partial charge in [0.05, 0.1) is 16.1 Å². The van der Waals surface area contributed by atoms with Crippen molar-refractivity contribution in [3.63, 3.8) is 0 Å². The first-order valence-electron chi connectivity index (χ1n) is 5.42. The highest BCUT2D eigenvalue weighted by atomic mass is 16.6. The molecule has 0 atom stereocenters. The SMILES string of the molecule is CN(CC(C)(C)O)c1ccc([N+](=O)[O-])c(C=O)c1. The molecule has 0 saturated carbocycles. The zero-order valence-corrected chi connectivity index (χ0v) is 10.6. The number of likely N-dealkylation sites (N-methyl/N-ethyl adjacent to an activating group) is 1. The standard InChI is InChI=1S/C12H16N2O4/c1-12(2,16)8-13(3)10-4-5-11(14(17)18)9(6-10)7-15/h4-7,16H,8H2,1-3H3. The van der Waals surface area contributed by atoms with E-state index >= 15 is 0 Å². The Bertz CT molecular complexity index is 466. The fourth-order valence-corrected chi connectivity index (χ4v) is 1.71. The van der Waals surface area contributed by atoms with Gasteiger partial charge < -0.3 is 10.0 Å². The highest BCUT2D eigenvalue weighted by Gasteiger charge is 2.19. The van der Waals surface area contributed by atoms with Crippen LogP contribution in [0.4, 0.5) is 11.4 Å². The van der Waals surface area contributed by atoms with Crippen molar-refractivity contribution in [2.24, 2.45) is 0 Å². The van der Waals surface area contributed by atoms with Crippen LogP contribution in [0.25, 0.3) is 0 Å². The number of rotatable bonds is 5. The van der Waals surface area contributed by atoms with Crippen LogP contribution >= 0.6 is 0 Å². The van der Waals surface area contributed by atoms with Gasteiger partial charge in [0.2, 0.25) is 0 Å². The van der Waals surface area contributed by atoms with Gasteiger partial charge in [-0.2, -0.15) is 0 Å². The van der Waals surface area contributed by atoms with E-state index in [1.165, 1.54) is 12.1 Å². The van der Waals surface area contributed by atoms with E-state index in [2.05, 4.69) is 0 Å². The average molecular weight is 252 g/mol. The topological polar surface area (TPSA) is 83.7 Å². The second-order valence-electron chi connectivity index (χ2n) is 4.79. The number of hydrogen-bond acceptors (Lipinski definition) is 5. The van der Waals surface area contributed by atoms with Crippen molar-refractivity contribution < 1.29 is 14.8 Å². The number of carbonyl (C=O) groups excluding carboxylic acids is 1. The summed E-state index contributed by atoms with van der Waals surface area (Å²) in [4.78, 5) is 22.6. The van der Waals surface area contributed by atoms with E-state index in [0.29, 0.717) is 18.5 Å². The van der Waals surface area contributed by atoms with Gasteiger partial charge in [0.15, 0.2) is 6.29 Å². The summed E-state index contributed by atoms with van der Waals surface area (Å²) in [5, 5.41) is 20.4. The summed E-state index contributed by atoms with van der Waals surface area (Å²) in [5.41, 5.74) is -0.437. The fraction of sp³-hybridized carbons (Fsp3) is 0.417. The van der Waals surface area contributed by atoms with Crippen LogP contribution < -0.4 is 4.90 Å². The van der Waals surface area contributed by atoms with Crippen molar-refractivity contribution in [3.8, 4) is 0 Å². The minimum atomic E-state index is -0.891. The Balaban J connectivity index is 3.05. The lowest BCUT2D eigenvalue weighted by atomic mass is 10.1. The summed E-state index contributed by atoms with van der Waals surface area (Å²) in [6.45, 7) is 3.67.